The molecule has 1 amide bonds. The van der Waals surface area contributed by atoms with Crippen molar-refractivity contribution in [2.24, 2.45) is 5.10 Å². The van der Waals surface area contributed by atoms with Gasteiger partial charge in [0.05, 0.1) is 6.21 Å². The zero-order chi connectivity index (χ0) is 20.5. The summed E-state index contributed by atoms with van der Waals surface area (Å²) in [4.78, 5) is 11.9. The van der Waals surface area contributed by atoms with Gasteiger partial charge in [-0.05, 0) is 60.4 Å². The van der Waals surface area contributed by atoms with Gasteiger partial charge in [-0.2, -0.15) is 5.10 Å². The molecule has 29 heavy (non-hydrogen) atoms. The maximum Gasteiger partial charge on any atom is 0.277 e. The molecule has 0 aromatic heterocycles. The molecule has 3 aromatic carbocycles. The molecule has 3 rings (SSSR count). The van der Waals surface area contributed by atoms with Gasteiger partial charge in [0, 0.05) is 0 Å². The lowest BCUT2D eigenvalue weighted by Gasteiger charge is -2.07. The summed E-state index contributed by atoms with van der Waals surface area (Å²) in [6.07, 6.45) is 1.57. The molecule has 5 nitrogen and oxygen atoms in total. The van der Waals surface area contributed by atoms with Crippen LogP contribution in [0.1, 0.15) is 22.3 Å². The van der Waals surface area contributed by atoms with Gasteiger partial charge in [0.2, 0.25) is 0 Å². The SMILES string of the molecule is Cc1ccc(OCC(=O)N/N=C\c2cccc(OCc3ccccc3)c2)cc1C. The van der Waals surface area contributed by atoms with Crippen molar-refractivity contribution < 1.29 is 14.3 Å². The quantitative estimate of drug-likeness (QED) is 0.459. The van der Waals surface area contributed by atoms with Gasteiger partial charge in [-0.15, -0.1) is 0 Å². The Labute approximate surface area is 171 Å². The number of nitrogens with zero attached hydrogens (tertiary/aromatic N) is 1. The number of carbonyl (C=O) groups excluding carboxylic acids is 1. The number of aryl methyl sites for hydroxylation is 2. The van der Waals surface area contributed by atoms with Gasteiger partial charge < -0.3 is 9.47 Å². The first-order valence-corrected chi connectivity index (χ1v) is 9.39. The van der Waals surface area contributed by atoms with Crippen molar-refractivity contribution in [1.29, 1.82) is 0 Å². The maximum atomic E-state index is 11.9. The topological polar surface area (TPSA) is 59.9 Å². The van der Waals surface area contributed by atoms with E-state index in [1.165, 1.54) is 5.56 Å². The minimum absolute atomic E-state index is 0.0972. The summed E-state index contributed by atoms with van der Waals surface area (Å²) in [5.74, 6) is 1.08. The lowest BCUT2D eigenvalue weighted by molar-refractivity contribution is -0.123. The average Bonchev–Trinajstić information content (AvgIpc) is 2.74. The van der Waals surface area contributed by atoms with Crippen LogP contribution in [0.4, 0.5) is 0 Å². The molecule has 0 unspecified atom stereocenters. The van der Waals surface area contributed by atoms with Crippen LogP contribution < -0.4 is 14.9 Å². The Balaban J connectivity index is 1.46. The van der Waals surface area contributed by atoms with Gasteiger partial charge in [0.1, 0.15) is 18.1 Å². The molecule has 0 aliphatic carbocycles. The largest absolute Gasteiger partial charge is 0.489 e. The van der Waals surface area contributed by atoms with Crippen molar-refractivity contribution in [3.8, 4) is 11.5 Å². The van der Waals surface area contributed by atoms with E-state index in [1.54, 1.807) is 6.21 Å². The van der Waals surface area contributed by atoms with Gasteiger partial charge in [0.25, 0.3) is 5.91 Å². The zero-order valence-corrected chi connectivity index (χ0v) is 16.6. The van der Waals surface area contributed by atoms with E-state index in [-0.39, 0.29) is 12.5 Å². The molecule has 0 aliphatic rings. The highest BCUT2D eigenvalue weighted by Crippen LogP contribution is 2.16. The smallest absolute Gasteiger partial charge is 0.277 e. The van der Waals surface area contributed by atoms with E-state index in [0.29, 0.717) is 12.4 Å². The number of hydrogen-bond donors (Lipinski definition) is 1. The van der Waals surface area contributed by atoms with Crippen molar-refractivity contribution >= 4 is 12.1 Å². The van der Waals surface area contributed by atoms with E-state index in [4.69, 9.17) is 9.47 Å². The maximum absolute atomic E-state index is 11.9. The van der Waals surface area contributed by atoms with E-state index in [1.807, 2.05) is 86.6 Å². The molecule has 148 valence electrons. The van der Waals surface area contributed by atoms with Crippen molar-refractivity contribution in [1.82, 2.24) is 5.43 Å². The second-order valence-electron chi connectivity index (χ2n) is 6.67. The third kappa shape index (κ3) is 6.50. The van der Waals surface area contributed by atoms with Crippen LogP contribution >= 0.6 is 0 Å². The monoisotopic (exact) mass is 388 g/mol. The number of carbonyl (C=O) groups is 1. The van der Waals surface area contributed by atoms with Crippen LogP contribution in [0.5, 0.6) is 11.5 Å². The molecule has 0 spiro atoms. The molecular formula is C24H24N2O3. The molecule has 0 aliphatic heterocycles. The molecule has 0 heterocycles. The summed E-state index contributed by atoms with van der Waals surface area (Å²) in [6, 6.07) is 23.2. The Morgan fingerprint density at radius 3 is 2.48 bits per heavy atom. The lowest BCUT2D eigenvalue weighted by Crippen LogP contribution is -2.24. The van der Waals surface area contributed by atoms with E-state index < -0.39 is 0 Å². The molecule has 0 saturated carbocycles. The highest BCUT2D eigenvalue weighted by atomic mass is 16.5. The first kappa shape index (κ1) is 20.1. The number of hydrogen-bond acceptors (Lipinski definition) is 4. The van der Waals surface area contributed by atoms with Gasteiger partial charge in [0.15, 0.2) is 6.61 Å². The van der Waals surface area contributed by atoms with E-state index in [0.717, 1.165) is 22.4 Å². The van der Waals surface area contributed by atoms with Crippen molar-refractivity contribution in [3.63, 3.8) is 0 Å². The van der Waals surface area contributed by atoms with Gasteiger partial charge in [-0.25, -0.2) is 5.43 Å². The van der Waals surface area contributed by atoms with E-state index >= 15 is 0 Å². The van der Waals surface area contributed by atoms with Crippen LogP contribution in [0, 0.1) is 13.8 Å². The third-order valence-corrected chi connectivity index (χ3v) is 4.36. The number of ether oxygens (including phenoxy) is 2. The molecule has 0 radical (unpaired) electrons. The molecule has 5 heteroatoms. The minimum Gasteiger partial charge on any atom is -0.489 e. The number of benzene rings is 3. The number of amides is 1. The molecule has 1 N–H and O–H groups in total. The standard InChI is InChI=1S/C24H24N2O3/c1-18-11-12-23(13-19(18)2)29-17-24(27)26-25-15-21-9-6-10-22(14-21)28-16-20-7-4-3-5-8-20/h3-15H,16-17H2,1-2H3,(H,26,27)/b25-15-. The van der Waals surface area contributed by atoms with Gasteiger partial charge >= 0.3 is 0 Å². The highest BCUT2D eigenvalue weighted by Gasteiger charge is 2.03. The Hall–Kier alpha value is -3.60. The van der Waals surface area contributed by atoms with Crippen LogP contribution in [0.3, 0.4) is 0 Å². The Kier molecular flexibility index (Phi) is 7.00. The Morgan fingerprint density at radius 1 is 0.897 bits per heavy atom. The number of rotatable bonds is 8. The second kappa shape index (κ2) is 10.1. The Bertz CT molecular complexity index is 984. The van der Waals surface area contributed by atoms with Crippen LogP contribution in [0.25, 0.3) is 0 Å². The van der Waals surface area contributed by atoms with Crippen molar-refractivity contribution in [2.45, 2.75) is 20.5 Å². The molecular weight excluding hydrogens is 364 g/mol. The normalized spacial score (nSPS) is 10.7. The fourth-order valence-corrected chi connectivity index (χ4v) is 2.59. The fraction of sp³-hybridized carbons (Fsp3) is 0.167. The van der Waals surface area contributed by atoms with Gasteiger partial charge in [-0.1, -0.05) is 48.5 Å². The highest BCUT2D eigenvalue weighted by molar-refractivity contribution is 5.83. The van der Waals surface area contributed by atoms with Crippen molar-refractivity contribution in [3.05, 3.63) is 95.1 Å². The minimum atomic E-state index is -0.323. The summed E-state index contributed by atoms with van der Waals surface area (Å²) in [7, 11) is 0. The second-order valence-corrected chi connectivity index (χ2v) is 6.67. The average molecular weight is 388 g/mol. The number of nitrogens with one attached hydrogen (secondary N) is 1. The fourth-order valence-electron chi connectivity index (χ4n) is 2.59. The first-order valence-electron chi connectivity index (χ1n) is 9.39. The zero-order valence-electron chi connectivity index (χ0n) is 16.6. The molecule has 0 bridgehead atoms. The summed E-state index contributed by atoms with van der Waals surface area (Å²) in [5.41, 5.74) is 6.70. The lowest BCUT2D eigenvalue weighted by atomic mass is 10.1. The van der Waals surface area contributed by atoms with Crippen LogP contribution in [-0.4, -0.2) is 18.7 Å². The molecule has 3 aromatic rings. The Morgan fingerprint density at radius 2 is 1.69 bits per heavy atom. The molecule has 0 saturated heterocycles. The van der Waals surface area contributed by atoms with Crippen LogP contribution in [0.15, 0.2) is 77.9 Å². The van der Waals surface area contributed by atoms with Gasteiger partial charge in [-0.3, -0.25) is 4.79 Å². The summed E-state index contributed by atoms with van der Waals surface area (Å²) in [6.45, 7) is 4.43. The van der Waals surface area contributed by atoms with E-state index in [2.05, 4.69) is 10.5 Å². The number of hydrazone groups is 1. The van der Waals surface area contributed by atoms with Crippen molar-refractivity contribution in [2.75, 3.05) is 6.61 Å². The molecule has 0 fully saturated rings. The van der Waals surface area contributed by atoms with Crippen LogP contribution in [-0.2, 0) is 11.4 Å². The predicted octanol–water partition coefficient (Wildman–Crippen LogP) is 4.41. The third-order valence-electron chi connectivity index (χ3n) is 4.36. The summed E-state index contributed by atoms with van der Waals surface area (Å²) in [5, 5.41) is 3.98. The predicted molar refractivity (Wildman–Crippen MR) is 114 cm³/mol. The first-order chi connectivity index (χ1) is 14.1. The summed E-state index contributed by atoms with van der Waals surface area (Å²) < 4.78 is 11.3. The van der Waals surface area contributed by atoms with E-state index in [9.17, 15) is 4.79 Å². The molecule has 0 atom stereocenters. The van der Waals surface area contributed by atoms with Crippen LogP contribution in [0.2, 0.25) is 0 Å². The summed E-state index contributed by atoms with van der Waals surface area (Å²) >= 11 is 0.